The largest absolute Gasteiger partial charge is 0.413 e. The van der Waals surface area contributed by atoms with Crippen molar-refractivity contribution in [3.05, 3.63) is 11.6 Å². The van der Waals surface area contributed by atoms with Gasteiger partial charge < -0.3 is 9.53 Å². The van der Waals surface area contributed by atoms with Crippen LogP contribution in [-0.4, -0.2) is 26.6 Å². The minimum atomic E-state index is -1.62. The smallest absolute Gasteiger partial charge is 0.192 e. The van der Waals surface area contributed by atoms with E-state index in [2.05, 4.69) is 33.9 Å². The lowest BCUT2D eigenvalue weighted by molar-refractivity contribution is 0.312. The highest BCUT2D eigenvalue weighted by Crippen LogP contribution is 2.36. The standard InChI is InChI=1S/C11H24O2Si/c1-10(7-8-12)9-13-14(5,6)11(2,3)4/h7,12H,8-9H2,1-6H3/b10-7+. The van der Waals surface area contributed by atoms with E-state index in [0.717, 1.165) is 5.57 Å². The maximum atomic E-state index is 8.71. The van der Waals surface area contributed by atoms with Crippen molar-refractivity contribution in [1.29, 1.82) is 0 Å². The van der Waals surface area contributed by atoms with Crippen LogP contribution in [0.15, 0.2) is 11.6 Å². The Labute approximate surface area is 89.1 Å². The fourth-order valence-corrected chi connectivity index (χ4v) is 1.75. The SMILES string of the molecule is C/C(=C\CO)CO[Si](C)(C)C(C)(C)C. The zero-order valence-electron chi connectivity index (χ0n) is 10.3. The molecule has 0 fully saturated rings. The summed E-state index contributed by atoms with van der Waals surface area (Å²) < 4.78 is 5.97. The van der Waals surface area contributed by atoms with Crippen molar-refractivity contribution in [3.63, 3.8) is 0 Å². The van der Waals surface area contributed by atoms with Gasteiger partial charge in [0.05, 0.1) is 13.2 Å². The molecule has 0 aromatic carbocycles. The van der Waals surface area contributed by atoms with Gasteiger partial charge in [-0.05, 0) is 25.1 Å². The number of aliphatic hydroxyl groups is 1. The molecule has 0 radical (unpaired) electrons. The average Bonchev–Trinajstić information content (AvgIpc) is 1.99. The van der Waals surface area contributed by atoms with Crippen LogP contribution in [0.1, 0.15) is 27.7 Å². The monoisotopic (exact) mass is 216 g/mol. The van der Waals surface area contributed by atoms with Crippen molar-refractivity contribution < 1.29 is 9.53 Å². The summed E-state index contributed by atoms with van der Waals surface area (Å²) in [5.74, 6) is 0. The van der Waals surface area contributed by atoms with Gasteiger partial charge in [0.25, 0.3) is 0 Å². The lowest BCUT2D eigenvalue weighted by Crippen LogP contribution is -2.41. The van der Waals surface area contributed by atoms with E-state index in [1.165, 1.54) is 0 Å². The first-order chi connectivity index (χ1) is 6.20. The Kier molecular flexibility index (Phi) is 5.05. The summed E-state index contributed by atoms with van der Waals surface area (Å²) >= 11 is 0. The van der Waals surface area contributed by atoms with E-state index in [4.69, 9.17) is 9.53 Å². The van der Waals surface area contributed by atoms with Crippen molar-refractivity contribution >= 4 is 8.32 Å². The van der Waals surface area contributed by atoms with Gasteiger partial charge in [-0.3, -0.25) is 0 Å². The van der Waals surface area contributed by atoms with E-state index < -0.39 is 8.32 Å². The highest BCUT2D eigenvalue weighted by molar-refractivity contribution is 6.74. The Bertz CT molecular complexity index is 202. The van der Waals surface area contributed by atoms with Crippen molar-refractivity contribution in [2.45, 2.75) is 45.8 Å². The molecule has 3 heteroatoms. The minimum Gasteiger partial charge on any atom is -0.413 e. The van der Waals surface area contributed by atoms with Gasteiger partial charge in [0.2, 0.25) is 0 Å². The third-order valence-electron chi connectivity index (χ3n) is 2.91. The van der Waals surface area contributed by atoms with Crippen molar-refractivity contribution in [2.24, 2.45) is 0 Å². The third kappa shape index (κ3) is 4.40. The van der Waals surface area contributed by atoms with Crippen molar-refractivity contribution in [1.82, 2.24) is 0 Å². The molecular formula is C11H24O2Si. The highest BCUT2D eigenvalue weighted by Gasteiger charge is 2.36. The van der Waals surface area contributed by atoms with Crippen LogP contribution in [0.25, 0.3) is 0 Å². The predicted octanol–water partition coefficient (Wildman–Crippen LogP) is 2.95. The number of hydrogen-bond donors (Lipinski definition) is 1. The van der Waals surface area contributed by atoms with Gasteiger partial charge >= 0.3 is 0 Å². The molecule has 14 heavy (non-hydrogen) atoms. The first kappa shape index (κ1) is 13.9. The lowest BCUT2D eigenvalue weighted by atomic mass is 10.2. The number of hydrogen-bond acceptors (Lipinski definition) is 2. The summed E-state index contributed by atoms with van der Waals surface area (Å²) in [6.45, 7) is 13.9. The summed E-state index contributed by atoms with van der Waals surface area (Å²) in [5.41, 5.74) is 1.11. The van der Waals surface area contributed by atoms with E-state index in [1.807, 2.05) is 6.92 Å². The fraction of sp³-hybridized carbons (Fsp3) is 0.818. The molecule has 0 unspecified atom stereocenters. The van der Waals surface area contributed by atoms with Gasteiger partial charge in [-0.1, -0.05) is 32.4 Å². The first-order valence-electron chi connectivity index (χ1n) is 5.11. The molecule has 0 atom stereocenters. The number of aliphatic hydroxyl groups excluding tert-OH is 1. The van der Waals surface area contributed by atoms with E-state index in [1.54, 1.807) is 6.08 Å². The van der Waals surface area contributed by atoms with E-state index in [0.29, 0.717) is 6.61 Å². The van der Waals surface area contributed by atoms with Gasteiger partial charge in [-0.25, -0.2) is 0 Å². The molecule has 0 bridgehead atoms. The Morgan fingerprint density at radius 1 is 1.36 bits per heavy atom. The van der Waals surface area contributed by atoms with Crippen LogP contribution in [0.2, 0.25) is 18.1 Å². The maximum absolute atomic E-state index is 8.71. The Morgan fingerprint density at radius 2 is 1.86 bits per heavy atom. The summed E-state index contributed by atoms with van der Waals surface area (Å²) in [7, 11) is -1.62. The van der Waals surface area contributed by atoms with E-state index in [9.17, 15) is 0 Å². The quantitative estimate of drug-likeness (QED) is 0.578. The van der Waals surface area contributed by atoms with E-state index in [-0.39, 0.29) is 11.6 Å². The Balaban J connectivity index is 4.20. The summed E-state index contributed by atoms with van der Waals surface area (Å²) in [4.78, 5) is 0. The van der Waals surface area contributed by atoms with Crippen LogP contribution >= 0.6 is 0 Å². The molecule has 0 aliphatic heterocycles. The highest BCUT2D eigenvalue weighted by atomic mass is 28.4. The summed E-state index contributed by atoms with van der Waals surface area (Å²) in [5, 5.41) is 8.96. The van der Waals surface area contributed by atoms with Crippen molar-refractivity contribution in [2.75, 3.05) is 13.2 Å². The minimum absolute atomic E-state index is 0.104. The molecule has 0 saturated carbocycles. The maximum Gasteiger partial charge on any atom is 0.192 e. The molecule has 1 N–H and O–H groups in total. The molecule has 0 amide bonds. The second-order valence-corrected chi connectivity index (χ2v) is 10.1. The molecule has 2 nitrogen and oxygen atoms in total. The van der Waals surface area contributed by atoms with Crippen LogP contribution in [-0.2, 0) is 4.43 Å². The topological polar surface area (TPSA) is 29.5 Å². The first-order valence-corrected chi connectivity index (χ1v) is 8.02. The van der Waals surface area contributed by atoms with Crippen LogP contribution in [0.4, 0.5) is 0 Å². The molecule has 0 aromatic rings. The van der Waals surface area contributed by atoms with Crippen LogP contribution in [0.3, 0.4) is 0 Å². The van der Waals surface area contributed by atoms with Crippen LogP contribution in [0, 0.1) is 0 Å². The molecular weight excluding hydrogens is 192 g/mol. The Morgan fingerprint density at radius 3 is 2.21 bits per heavy atom. The lowest BCUT2D eigenvalue weighted by Gasteiger charge is -2.36. The van der Waals surface area contributed by atoms with E-state index >= 15 is 0 Å². The normalized spacial score (nSPS) is 14.6. The molecule has 0 aromatic heterocycles. The van der Waals surface area contributed by atoms with Gasteiger partial charge in [-0.2, -0.15) is 0 Å². The molecule has 0 spiro atoms. The molecule has 0 rings (SSSR count). The second kappa shape index (κ2) is 5.10. The van der Waals surface area contributed by atoms with Gasteiger partial charge in [0.15, 0.2) is 8.32 Å². The molecule has 0 aliphatic carbocycles. The molecule has 84 valence electrons. The number of rotatable bonds is 4. The predicted molar refractivity (Wildman–Crippen MR) is 64.0 cm³/mol. The molecule has 0 aliphatic rings. The third-order valence-corrected chi connectivity index (χ3v) is 7.39. The van der Waals surface area contributed by atoms with Crippen molar-refractivity contribution in [3.8, 4) is 0 Å². The fourth-order valence-electron chi connectivity index (χ4n) is 0.726. The Hall–Kier alpha value is -0.123. The summed E-state index contributed by atoms with van der Waals surface area (Å²) in [6, 6.07) is 0. The van der Waals surface area contributed by atoms with Gasteiger partial charge in [-0.15, -0.1) is 0 Å². The van der Waals surface area contributed by atoms with Gasteiger partial charge in [0, 0.05) is 0 Å². The van der Waals surface area contributed by atoms with Crippen LogP contribution < -0.4 is 0 Å². The zero-order valence-corrected chi connectivity index (χ0v) is 11.3. The average molecular weight is 216 g/mol. The zero-order chi connectivity index (χ0) is 11.4. The second-order valence-electron chi connectivity index (χ2n) is 5.28. The van der Waals surface area contributed by atoms with Gasteiger partial charge in [0.1, 0.15) is 0 Å². The molecule has 0 heterocycles. The van der Waals surface area contributed by atoms with Crippen LogP contribution in [0.5, 0.6) is 0 Å². The summed E-state index contributed by atoms with van der Waals surface area (Å²) in [6.07, 6.45) is 1.80. The molecule has 0 saturated heterocycles.